The Bertz CT molecular complexity index is 550. The third kappa shape index (κ3) is 1.99. The standard InChI is InChI=1S/C10H14N2O6/c1-4-2-12(10(17)11-8(4)16)9-7(15)6(14)5(3-13)18-9/h2,5-7,9,13-15H,3H2,1H3,(H,11,16,17)/t5-,6-,7-,9-/m1/s1/i7+1. The van der Waals surface area contributed by atoms with Gasteiger partial charge >= 0.3 is 5.69 Å². The SMILES string of the molecule is Cc1cn([C@@H]2O[C@H](CO)[C@@H](O)[13C@H]2O)c(=O)[nH]c1=O. The van der Waals surface area contributed by atoms with E-state index in [1.807, 2.05) is 0 Å². The highest BCUT2D eigenvalue weighted by atomic mass is 16.6. The van der Waals surface area contributed by atoms with Crippen LogP contribution in [0.25, 0.3) is 0 Å². The van der Waals surface area contributed by atoms with Gasteiger partial charge in [0.1, 0.15) is 18.3 Å². The van der Waals surface area contributed by atoms with Crippen molar-refractivity contribution in [1.82, 2.24) is 9.55 Å². The van der Waals surface area contributed by atoms with Crippen LogP contribution in [0.1, 0.15) is 11.8 Å². The first-order valence-electron chi connectivity index (χ1n) is 5.40. The maximum absolute atomic E-state index is 11.6. The zero-order chi connectivity index (χ0) is 13.4. The van der Waals surface area contributed by atoms with Crippen LogP contribution < -0.4 is 11.2 Å². The molecule has 0 radical (unpaired) electrons. The number of aliphatic hydroxyl groups is 3. The number of nitrogens with zero attached hydrogens (tertiary/aromatic N) is 1. The van der Waals surface area contributed by atoms with E-state index >= 15 is 0 Å². The molecule has 0 amide bonds. The van der Waals surface area contributed by atoms with Gasteiger partial charge in [-0.05, 0) is 6.92 Å². The summed E-state index contributed by atoms with van der Waals surface area (Å²) in [6.07, 6.45) is -3.52. The van der Waals surface area contributed by atoms with Gasteiger partial charge in [-0.1, -0.05) is 0 Å². The maximum Gasteiger partial charge on any atom is 0.330 e. The molecule has 2 heterocycles. The zero-order valence-corrected chi connectivity index (χ0v) is 9.61. The van der Waals surface area contributed by atoms with Gasteiger partial charge in [0.15, 0.2) is 6.23 Å². The van der Waals surface area contributed by atoms with Crippen molar-refractivity contribution in [2.24, 2.45) is 0 Å². The molecule has 0 bridgehead atoms. The Morgan fingerprint density at radius 3 is 2.61 bits per heavy atom. The minimum Gasteiger partial charge on any atom is -0.394 e. The lowest BCUT2D eigenvalue weighted by atomic mass is 10.3. The van der Waals surface area contributed by atoms with Crippen LogP contribution in [0.3, 0.4) is 0 Å². The largest absolute Gasteiger partial charge is 0.394 e. The number of hydrogen-bond donors (Lipinski definition) is 4. The molecule has 0 aliphatic carbocycles. The summed E-state index contributed by atoms with van der Waals surface area (Å²) >= 11 is 0. The molecule has 1 aromatic rings. The average molecular weight is 259 g/mol. The quantitative estimate of drug-likeness (QED) is 0.434. The number of rotatable bonds is 2. The highest BCUT2D eigenvalue weighted by molar-refractivity contribution is 5.03. The zero-order valence-electron chi connectivity index (χ0n) is 9.61. The van der Waals surface area contributed by atoms with Crippen molar-refractivity contribution in [2.75, 3.05) is 6.61 Å². The molecule has 1 fully saturated rings. The summed E-state index contributed by atoms with van der Waals surface area (Å²) in [5.74, 6) is 0. The fraction of sp³-hybridized carbons (Fsp3) is 0.600. The van der Waals surface area contributed by atoms with E-state index in [4.69, 9.17) is 9.84 Å². The van der Waals surface area contributed by atoms with Crippen LogP contribution in [0.4, 0.5) is 0 Å². The van der Waals surface area contributed by atoms with E-state index < -0.39 is 42.4 Å². The molecular weight excluding hydrogens is 245 g/mol. The van der Waals surface area contributed by atoms with Gasteiger partial charge in [-0.25, -0.2) is 4.79 Å². The van der Waals surface area contributed by atoms with Crippen LogP contribution >= 0.6 is 0 Å². The van der Waals surface area contributed by atoms with Crippen molar-refractivity contribution in [3.63, 3.8) is 0 Å². The predicted molar refractivity (Wildman–Crippen MR) is 59.1 cm³/mol. The molecule has 1 aromatic heterocycles. The molecule has 0 unspecified atom stereocenters. The molecule has 0 aromatic carbocycles. The van der Waals surface area contributed by atoms with Gasteiger partial charge in [-0.3, -0.25) is 14.3 Å². The van der Waals surface area contributed by atoms with E-state index in [-0.39, 0.29) is 5.56 Å². The highest BCUT2D eigenvalue weighted by Gasteiger charge is 2.43. The summed E-state index contributed by atoms with van der Waals surface area (Å²) < 4.78 is 6.17. The first-order valence-corrected chi connectivity index (χ1v) is 5.40. The molecule has 8 heteroatoms. The Morgan fingerprint density at radius 1 is 1.39 bits per heavy atom. The van der Waals surface area contributed by atoms with Crippen molar-refractivity contribution >= 4 is 0 Å². The van der Waals surface area contributed by atoms with E-state index in [0.717, 1.165) is 4.57 Å². The molecule has 1 aliphatic rings. The number of hydrogen-bond acceptors (Lipinski definition) is 6. The molecule has 18 heavy (non-hydrogen) atoms. The van der Waals surface area contributed by atoms with Crippen LogP contribution in [0.15, 0.2) is 15.8 Å². The van der Waals surface area contributed by atoms with E-state index in [0.29, 0.717) is 0 Å². The summed E-state index contributed by atoms with van der Waals surface area (Å²) in [7, 11) is 0. The van der Waals surface area contributed by atoms with Crippen LogP contribution in [0.5, 0.6) is 0 Å². The molecule has 2 rings (SSSR count). The number of aliphatic hydroxyl groups excluding tert-OH is 3. The lowest BCUT2D eigenvalue weighted by Crippen LogP contribution is -2.38. The Kier molecular flexibility index (Phi) is 3.35. The molecule has 0 spiro atoms. The minimum absolute atomic E-state index is 0.271. The monoisotopic (exact) mass is 259 g/mol. The fourth-order valence-corrected chi connectivity index (χ4v) is 1.88. The number of ether oxygens (including phenoxy) is 1. The number of aromatic nitrogens is 2. The van der Waals surface area contributed by atoms with Crippen molar-refractivity contribution < 1.29 is 20.1 Å². The Morgan fingerprint density at radius 2 is 2.06 bits per heavy atom. The fourth-order valence-electron chi connectivity index (χ4n) is 1.88. The molecule has 4 N–H and O–H groups in total. The number of aryl methyl sites for hydroxylation is 1. The highest BCUT2D eigenvalue weighted by Crippen LogP contribution is 2.27. The topological polar surface area (TPSA) is 125 Å². The third-order valence-electron chi connectivity index (χ3n) is 2.94. The summed E-state index contributed by atoms with van der Waals surface area (Å²) in [5.41, 5.74) is -1.00. The van der Waals surface area contributed by atoms with E-state index in [2.05, 4.69) is 4.98 Å². The molecule has 8 nitrogen and oxygen atoms in total. The second-order valence-electron chi connectivity index (χ2n) is 4.21. The molecule has 0 saturated carbocycles. The second kappa shape index (κ2) is 4.65. The first-order chi connectivity index (χ1) is 8.45. The van der Waals surface area contributed by atoms with Gasteiger partial charge in [0.25, 0.3) is 5.56 Å². The average Bonchev–Trinajstić information content (AvgIpc) is 2.61. The number of nitrogens with one attached hydrogen (secondary N) is 1. The van der Waals surface area contributed by atoms with Gasteiger partial charge < -0.3 is 20.1 Å². The third-order valence-corrected chi connectivity index (χ3v) is 2.94. The van der Waals surface area contributed by atoms with Gasteiger partial charge in [0, 0.05) is 11.8 Å². The van der Waals surface area contributed by atoms with E-state index in [9.17, 15) is 19.8 Å². The van der Waals surface area contributed by atoms with Crippen LogP contribution in [0, 0.1) is 6.92 Å². The van der Waals surface area contributed by atoms with Gasteiger partial charge in [-0.15, -0.1) is 0 Å². The molecule has 1 saturated heterocycles. The first kappa shape index (κ1) is 13.0. The van der Waals surface area contributed by atoms with Crippen molar-refractivity contribution in [3.05, 3.63) is 32.6 Å². The summed E-state index contributed by atoms with van der Waals surface area (Å²) in [6, 6.07) is 0. The smallest absolute Gasteiger partial charge is 0.330 e. The summed E-state index contributed by atoms with van der Waals surface area (Å²) in [6.45, 7) is 1.02. The molecule has 1 aliphatic heterocycles. The number of aromatic amines is 1. The van der Waals surface area contributed by atoms with E-state index in [1.165, 1.54) is 13.1 Å². The second-order valence-corrected chi connectivity index (χ2v) is 4.21. The van der Waals surface area contributed by atoms with E-state index in [1.54, 1.807) is 0 Å². The Hall–Kier alpha value is -1.48. The van der Waals surface area contributed by atoms with Crippen LogP contribution in [0.2, 0.25) is 0 Å². The van der Waals surface area contributed by atoms with Gasteiger partial charge in [0.05, 0.1) is 6.61 Å². The van der Waals surface area contributed by atoms with Crippen molar-refractivity contribution in [2.45, 2.75) is 31.5 Å². The van der Waals surface area contributed by atoms with Crippen molar-refractivity contribution in [1.29, 1.82) is 0 Å². The summed E-state index contributed by atoms with van der Waals surface area (Å²) in [5, 5.41) is 28.3. The van der Waals surface area contributed by atoms with Crippen LogP contribution in [-0.2, 0) is 4.74 Å². The van der Waals surface area contributed by atoms with Crippen LogP contribution in [-0.4, -0.2) is 49.8 Å². The predicted octanol–water partition coefficient (Wildman–Crippen LogP) is -2.54. The van der Waals surface area contributed by atoms with Gasteiger partial charge in [0.2, 0.25) is 0 Å². The normalized spacial score (nSPS) is 31.8. The lowest BCUT2D eigenvalue weighted by molar-refractivity contribution is -0.0551. The molecule has 4 atom stereocenters. The lowest BCUT2D eigenvalue weighted by Gasteiger charge is -2.17. The number of H-pyrrole nitrogens is 1. The summed E-state index contributed by atoms with van der Waals surface area (Å²) in [4.78, 5) is 24.9. The van der Waals surface area contributed by atoms with Gasteiger partial charge in [-0.2, -0.15) is 0 Å². The molecular formula is C10H14N2O6. The maximum atomic E-state index is 11.6. The minimum atomic E-state index is -1.36. The van der Waals surface area contributed by atoms with Crippen molar-refractivity contribution in [3.8, 4) is 0 Å². The Balaban J connectivity index is 2.42. The molecule has 100 valence electrons. The Labute approximate surface area is 101 Å².